The summed E-state index contributed by atoms with van der Waals surface area (Å²) in [6.45, 7) is 10.2. The second-order valence-corrected chi connectivity index (χ2v) is 9.04. The fraction of sp³-hybridized carbons (Fsp3) is 0.789. The second-order valence-electron chi connectivity index (χ2n) is 8.15. The topological polar surface area (TPSA) is 112 Å². The number of ether oxygens (including phenoxy) is 4. The third-order valence-corrected chi connectivity index (χ3v) is 5.53. The lowest BCUT2D eigenvalue weighted by Gasteiger charge is -2.44. The highest BCUT2D eigenvalue weighted by Gasteiger charge is 2.45. The highest BCUT2D eigenvalue weighted by atomic mass is 32.1. The van der Waals surface area contributed by atoms with Gasteiger partial charge in [-0.05, 0) is 20.8 Å². The van der Waals surface area contributed by atoms with Crippen molar-refractivity contribution in [1.29, 1.82) is 0 Å². The number of esters is 1. The number of carbonyl (C=O) groups is 3. The summed E-state index contributed by atoms with van der Waals surface area (Å²) in [7, 11) is 0. The molecule has 2 fully saturated rings. The van der Waals surface area contributed by atoms with Gasteiger partial charge in [0.05, 0.1) is 13.2 Å². The molecule has 0 saturated carbocycles. The molecule has 2 amide bonds. The van der Waals surface area contributed by atoms with Crippen LogP contribution < -0.4 is 10.0 Å². The van der Waals surface area contributed by atoms with E-state index in [-0.39, 0.29) is 30.7 Å². The number of cyclic esters (lactones) is 1. The molecule has 2 aliphatic heterocycles. The van der Waals surface area contributed by atoms with Crippen molar-refractivity contribution in [3.8, 4) is 0 Å². The van der Waals surface area contributed by atoms with Crippen molar-refractivity contribution >= 4 is 34.4 Å². The van der Waals surface area contributed by atoms with Crippen LogP contribution in [0.1, 0.15) is 53.9 Å². The van der Waals surface area contributed by atoms with E-state index in [2.05, 4.69) is 10.0 Å². The molecule has 1 unspecified atom stereocenters. The Kier molecular flexibility index (Phi) is 8.21. The lowest BCUT2D eigenvalue weighted by atomic mass is 9.85. The minimum atomic E-state index is -0.830. The molecule has 0 radical (unpaired) electrons. The molecule has 2 heterocycles. The molecule has 2 aliphatic rings. The van der Waals surface area contributed by atoms with Gasteiger partial charge in [0.2, 0.25) is 11.8 Å². The van der Waals surface area contributed by atoms with E-state index < -0.39 is 23.4 Å². The first kappa shape index (κ1) is 23.8. The monoisotopic (exact) mass is 432 g/mol. The van der Waals surface area contributed by atoms with E-state index in [4.69, 9.17) is 18.9 Å². The Balaban J connectivity index is 1.81. The first-order valence-electron chi connectivity index (χ1n) is 9.82. The zero-order chi connectivity index (χ0) is 21.7. The highest BCUT2D eigenvalue weighted by Crippen LogP contribution is 2.34. The molecule has 2 saturated heterocycles. The molecule has 2 N–H and O–H groups in total. The summed E-state index contributed by atoms with van der Waals surface area (Å²) in [5, 5.41) is 3.27. The largest absolute Gasteiger partial charge is 0.455 e. The second kappa shape index (κ2) is 10.0. The molecule has 9 nitrogen and oxygen atoms in total. The first-order valence-corrected chi connectivity index (χ1v) is 10.7. The van der Waals surface area contributed by atoms with E-state index in [1.807, 2.05) is 20.8 Å². The van der Waals surface area contributed by atoms with Crippen LogP contribution in [0.25, 0.3) is 0 Å². The van der Waals surface area contributed by atoms with Crippen molar-refractivity contribution in [2.45, 2.75) is 71.9 Å². The van der Waals surface area contributed by atoms with Crippen molar-refractivity contribution in [3.63, 3.8) is 0 Å². The van der Waals surface area contributed by atoms with Crippen LogP contribution in [0.5, 0.6) is 0 Å². The van der Waals surface area contributed by atoms with E-state index in [9.17, 15) is 14.4 Å². The number of nitrogens with one attached hydrogen (secondary N) is 2. The van der Waals surface area contributed by atoms with Gasteiger partial charge in [0.25, 0.3) is 0 Å². The molecule has 0 aromatic rings. The van der Waals surface area contributed by atoms with Crippen LogP contribution in [0.2, 0.25) is 0 Å². The minimum Gasteiger partial charge on any atom is -0.455 e. The molecule has 0 aliphatic carbocycles. The zero-order valence-corrected chi connectivity index (χ0v) is 18.6. The molecule has 0 bridgehead atoms. The maximum Gasteiger partial charge on any atom is 0.306 e. The Morgan fingerprint density at radius 1 is 1.28 bits per heavy atom. The fourth-order valence-electron chi connectivity index (χ4n) is 2.93. The Hall–Kier alpha value is -1.49. The molecule has 10 heteroatoms. The lowest BCUT2D eigenvalue weighted by molar-refractivity contribution is -0.304. The molecule has 29 heavy (non-hydrogen) atoms. The number of hydrogen-bond acceptors (Lipinski definition) is 7. The molecule has 0 aromatic heterocycles. The van der Waals surface area contributed by atoms with E-state index >= 15 is 0 Å². The smallest absolute Gasteiger partial charge is 0.306 e. The average molecular weight is 433 g/mol. The average Bonchev–Trinajstić information content (AvgIpc) is 3.07. The van der Waals surface area contributed by atoms with Gasteiger partial charge in [0, 0.05) is 31.2 Å². The summed E-state index contributed by atoms with van der Waals surface area (Å²) < 4.78 is 24.8. The highest BCUT2D eigenvalue weighted by molar-refractivity contribution is 7.97. The number of amides is 2. The lowest BCUT2D eigenvalue weighted by Crippen LogP contribution is -2.56. The molecule has 166 valence electrons. The third kappa shape index (κ3) is 7.06. The van der Waals surface area contributed by atoms with Gasteiger partial charge in [-0.2, -0.15) is 0 Å². The standard InChI is InChI=1S/C19H32N2O7S/c1-6-25-17(12-7-8-14(23)27-12)29-21-13(22)9-10-20-16(24)15-18(2,3)11-26-19(4,5)28-15/h12,15,29H,6-11H2,1-5H3,(H,20,24)(H,21,22)/t12?,15-/m0/s1. The Labute approximate surface area is 175 Å². The van der Waals surface area contributed by atoms with Gasteiger partial charge >= 0.3 is 5.97 Å². The Morgan fingerprint density at radius 3 is 2.62 bits per heavy atom. The molecule has 2 rings (SSSR count). The van der Waals surface area contributed by atoms with Crippen molar-refractivity contribution < 1.29 is 33.3 Å². The zero-order valence-electron chi connectivity index (χ0n) is 17.7. The van der Waals surface area contributed by atoms with Gasteiger partial charge < -0.3 is 29.0 Å². The van der Waals surface area contributed by atoms with Gasteiger partial charge in [-0.25, -0.2) is 0 Å². The molecular formula is C19H32N2O7S. The summed E-state index contributed by atoms with van der Waals surface area (Å²) in [5.41, 5.74) is -0.472. The first-order chi connectivity index (χ1) is 13.5. The summed E-state index contributed by atoms with van der Waals surface area (Å²) >= 11 is 0.448. The quantitative estimate of drug-likeness (QED) is 0.313. The van der Waals surface area contributed by atoms with E-state index in [1.54, 1.807) is 13.8 Å². The van der Waals surface area contributed by atoms with E-state index in [1.165, 1.54) is 0 Å². The van der Waals surface area contributed by atoms with Crippen molar-refractivity contribution in [1.82, 2.24) is 10.0 Å². The molecule has 0 aromatic carbocycles. The summed E-state index contributed by atoms with van der Waals surface area (Å²) in [4.78, 5) is 35.9. The predicted molar refractivity (Wildman–Crippen MR) is 109 cm³/mol. The summed E-state index contributed by atoms with van der Waals surface area (Å²) in [6, 6.07) is 0. The van der Waals surface area contributed by atoms with Crippen LogP contribution in [0.15, 0.2) is 0 Å². The minimum absolute atomic E-state index is 0.107. The Morgan fingerprint density at radius 2 is 2.00 bits per heavy atom. The molecule has 2 atom stereocenters. The maximum absolute atomic E-state index is 12.5. The van der Waals surface area contributed by atoms with Crippen LogP contribution in [-0.2, 0) is 33.3 Å². The van der Waals surface area contributed by atoms with Gasteiger partial charge in [-0.15, -0.1) is 0 Å². The fourth-order valence-corrected chi connectivity index (χ4v) is 3.80. The number of carbonyl (C=O) groups excluding carboxylic acids is 3. The van der Waals surface area contributed by atoms with Gasteiger partial charge in [-0.1, -0.05) is 25.4 Å². The Bertz CT molecular complexity index is 663. The number of thiol groups is 1. The van der Waals surface area contributed by atoms with Crippen molar-refractivity contribution in [2.75, 3.05) is 19.8 Å². The maximum atomic E-state index is 12.5. The molecular weight excluding hydrogens is 400 g/mol. The van der Waals surface area contributed by atoms with Gasteiger partial charge in [0.1, 0.15) is 11.2 Å². The molecule has 0 spiro atoms. The van der Waals surface area contributed by atoms with E-state index in [0.717, 1.165) is 0 Å². The predicted octanol–water partition coefficient (Wildman–Crippen LogP) is 1.04. The van der Waals surface area contributed by atoms with Crippen LogP contribution in [0, 0.1) is 5.41 Å². The third-order valence-electron chi connectivity index (χ3n) is 4.54. The van der Waals surface area contributed by atoms with Crippen LogP contribution in [-0.4, -0.2) is 60.6 Å². The van der Waals surface area contributed by atoms with Gasteiger partial charge in [-0.3, -0.25) is 14.4 Å². The normalized spacial score (nSPS) is 26.2. The summed E-state index contributed by atoms with van der Waals surface area (Å²) in [6.07, 6.45) is -0.0965. The summed E-state index contributed by atoms with van der Waals surface area (Å²) in [5.74, 6) is -1.61. The SMILES string of the molecule is CCOC(=[SH]NC(=O)CCNC(=O)[C@@H]1OC(C)(C)OCC1(C)C)C1CCC(=O)O1. The van der Waals surface area contributed by atoms with Crippen molar-refractivity contribution in [3.05, 3.63) is 0 Å². The van der Waals surface area contributed by atoms with Gasteiger partial charge in [0.15, 0.2) is 11.9 Å². The van der Waals surface area contributed by atoms with Crippen molar-refractivity contribution in [2.24, 2.45) is 5.41 Å². The number of hydrogen-bond donors (Lipinski definition) is 3. The van der Waals surface area contributed by atoms with Crippen LogP contribution >= 0.6 is 11.5 Å². The van der Waals surface area contributed by atoms with Crippen LogP contribution in [0.4, 0.5) is 0 Å². The number of rotatable bonds is 7. The van der Waals surface area contributed by atoms with E-state index in [0.29, 0.717) is 42.6 Å². The van der Waals surface area contributed by atoms with Crippen LogP contribution in [0.3, 0.4) is 0 Å².